The van der Waals surface area contributed by atoms with Gasteiger partial charge in [-0.05, 0) is 23.6 Å². The normalized spacial score (nSPS) is 11.0. The first kappa shape index (κ1) is 18.1. The lowest BCUT2D eigenvalue weighted by atomic mass is 10.2. The predicted octanol–water partition coefficient (Wildman–Crippen LogP) is 3.14. The van der Waals surface area contributed by atoms with E-state index in [9.17, 15) is 4.79 Å². The van der Waals surface area contributed by atoms with E-state index in [1.807, 2.05) is 29.6 Å². The fourth-order valence-electron chi connectivity index (χ4n) is 3.15. The van der Waals surface area contributed by atoms with Gasteiger partial charge in [-0.15, -0.1) is 16.4 Å². The first-order chi connectivity index (χ1) is 13.7. The molecule has 0 aliphatic heterocycles. The SMILES string of the molecule is COC(=O)c1cc2sccc2n1-c1cn(Cc2cccc(OC)c2OC)nn1. The lowest BCUT2D eigenvalue weighted by Gasteiger charge is -2.12. The number of hydrogen-bond acceptors (Lipinski definition) is 7. The predicted molar refractivity (Wildman–Crippen MR) is 105 cm³/mol. The smallest absolute Gasteiger partial charge is 0.355 e. The molecule has 0 aliphatic rings. The maximum Gasteiger partial charge on any atom is 0.355 e. The minimum absolute atomic E-state index is 0.412. The minimum Gasteiger partial charge on any atom is -0.493 e. The number of carbonyl (C=O) groups excluding carboxylic acids is 1. The van der Waals surface area contributed by atoms with Crippen LogP contribution in [0.25, 0.3) is 16.0 Å². The van der Waals surface area contributed by atoms with Gasteiger partial charge >= 0.3 is 5.97 Å². The Morgan fingerprint density at radius 1 is 1.18 bits per heavy atom. The number of para-hydroxylation sites is 1. The highest BCUT2D eigenvalue weighted by atomic mass is 32.1. The average molecular weight is 398 g/mol. The summed E-state index contributed by atoms with van der Waals surface area (Å²) in [5.41, 5.74) is 2.20. The Kier molecular flexibility index (Phi) is 4.74. The van der Waals surface area contributed by atoms with Crippen molar-refractivity contribution in [2.45, 2.75) is 6.54 Å². The molecule has 9 heteroatoms. The van der Waals surface area contributed by atoms with Gasteiger partial charge in [0.05, 0.1) is 44.3 Å². The zero-order chi connectivity index (χ0) is 19.7. The van der Waals surface area contributed by atoms with Crippen molar-refractivity contribution in [3.8, 4) is 17.3 Å². The van der Waals surface area contributed by atoms with E-state index in [2.05, 4.69) is 10.3 Å². The van der Waals surface area contributed by atoms with Crippen molar-refractivity contribution in [2.24, 2.45) is 0 Å². The van der Waals surface area contributed by atoms with E-state index in [0.29, 0.717) is 29.6 Å². The number of carbonyl (C=O) groups is 1. The summed E-state index contributed by atoms with van der Waals surface area (Å²) in [7, 11) is 4.56. The van der Waals surface area contributed by atoms with Gasteiger partial charge in [0, 0.05) is 5.56 Å². The quantitative estimate of drug-likeness (QED) is 0.464. The highest BCUT2D eigenvalue weighted by Crippen LogP contribution is 2.31. The van der Waals surface area contributed by atoms with Crippen LogP contribution in [0.5, 0.6) is 11.5 Å². The van der Waals surface area contributed by atoms with Gasteiger partial charge in [-0.1, -0.05) is 17.3 Å². The van der Waals surface area contributed by atoms with Crippen LogP contribution in [0.2, 0.25) is 0 Å². The molecular weight excluding hydrogens is 380 g/mol. The van der Waals surface area contributed by atoms with E-state index >= 15 is 0 Å². The van der Waals surface area contributed by atoms with Crippen LogP contribution in [-0.4, -0.2) is 46.9 Å². The molecule has 0 radical (unpaired) electrons. The van der Waals surface area contributed by atoms with E-state index in [0.717, 1.165) is 15.8 Å². The highest BCUT2D eigenvalue weighted by molar-refractivity contribution is 7.17. The van der Waals surface area contributed by atoms with E-state index in [4.69, 9.17) is 14.2 Å². The molecule has 0 atom stereocenters. The molecule has 0 fully saturated rings. The van der Waals surface area contributed by atoms with Gasteiger partial charge in [0.2, 0.25) is 0 Å². The summed E-state index contributed by atoms with van der Waals surface area (Å²) in [5, 5.41) is 10.4. The van der Waals surface area contributed by atoms with Crippen LogP contribution in [0.15, 0.2) is 41.9 Å². The van der Waals surface area contributed by atoms with Crippen LogP contribution in [0.1, 0.15) is 16.1 Å². The third-order valence-corrected chi connectivity index (χ3v) is 5.24. The maximum absolute atomic E-state index is 12.2. The lowest BCUT2D eigenvalue weighted by molar-refractivity contribution is 0.0592. The topological polar surface area (TPSA) is 80.4 Å². The molecule has 3 heterocycles. The van der Waals surface area contributed by atoms with E-state index < -0.39 is 5.97 Å². The Morgan fingerprint density at radius 2 is 2.04 bits per heavy atom. The molecule has 0 amide bonds. The fraction of sp³-hybridized carbons (Fsp3) is 0.211. The van der Waals surface area contributed by atoms with Gasteiger partial charge in [-0.2, -0.15) is 0 Å². The van der Waals surface area contributed by atoms with Gasteiger partial charge < -0.3 is 14.2 Å². The number of esters is 1. The molecule has 28 heavy (non-hydrogen) atoms. The Bertz CT molecular complexity index is 1140. The highest BCUT2D eigenvalue weighted by Gasteiger charge is 2.20. The Balaban J connectivity index is 1.73. The Hall–Kier alpha value is -3.33. The molecule has 144 valence electrons. The molecular formula is C19H18N4O4S. The van der Waals surface area contributed by atoms with Crippen LogP contribution in [0, 0.1) is 0 Å². The molecule has 0 bridgehead atoms. The number of aromatic nitrogens is 4. The summed E-state index contributed by atoms with van der Waals surface area (Å²) >= 11 is 1.55. The number of hydrogen-bond donors (Lipinski definition) is 0. The number of thiophene rings is 1. The van der Waals surface area contributed by atoms with E-state index in [1.165, 1.54) is 7.11 Å². The molecule has 0 saturated heterocycles. The van der Waals surface area contributed by atoms with Crippen molar-refractivity contribution in [1.29, 1.82) is 0 Å². The van der Waals surface area contributed by atoms with Crippen LogP contribution < -0.4 is 9.47 Å². The summed E-state index contributed by atoms with van der Waals surface area (Å²) in [4.78, 5) is 12.2. The van der Waals surface area contributed by atoms with Crippen molar-refractivity contribution in [2.75, 3.05) is 21.3 Å². The molecule has 0 unspecified atom stereocenters. The summed E-state index contributed by atoms with van der Waals surface area (Å²) < 4.78 is 20.2. The number of rotatable bonds is 6. The number of ether oxygens (including phenoxy) is 3. The van der Waals surface area contributed by atoms with Crippen molar-refractivity contribution in [1.82, 2.24) is 19.6 Å². The van der Waals surface area contributed by atoms with E-state index in [-0.39, 0.29) is 0 Å². The summed E-state index contributed by atoms with van der Waals surface area (Å²) in [5.74, 6) is 1.42. The first-order valence-corrected chi connectivity index (χ1v) is 9.32. The largest absolute Gasteiger partial charge is 0.493 e. The van der Waals surface area contributed by atoms with Gasteiger partial charge in [0.15, 0.2) is 17.3 Å². The van der Waals surface area contributed by atoms with Gasteiger partial charge in [-0.3, -0.25) is 4.57 Å². The van der Waals surface area contributed by atoms with Gasteiger partial charge in [0.1, 0.15) is 5.69 Å². The second-order valence-corrected chi connectivity index (χ2v) is 6.90. The zero-order valence-corrected chi connectivity index (χ0v) is 16.4. The number of benzene rings is 1. The minimum atomic E-state index is -0.424. The second-order valence-electron chi connectivity index (χ2n) is 5.95. The molecule has 4 rings (SSSR count). The van der Waals surface area contributed by atoms with Crippen molar-refractivity contribution < 1.29 is 19.0 Å². The average Bonchev–Trinajstić information content (AvgIpc) is 3.42. The molecule has 4 aromatic rings. The fourth-order valence-corrected chi connectivity index (χ4v) is 3.95. The first-order valence-electron chi connectivity index (χ1n) is 8.44. The molecule has 0 N–H and O–H groups in total. The molecule has 1 aromatic carbocycles. The monoisotopic (exact) mass is 398 g/mol. The summed E-state index contributed by atoms with van der Waals surface area (Å²) in [6, 6.07) is 9.41. The third-order valence-electron chi connectivity index (χ3n) is 4.39. The summed E-state index contributed by atoms with van der Waals surface area (Å²) in [6.45, 7) is 0.439. The Morgan fingerprint density at radius 3 is 2.79 bits per heavy atom. The number of nitrogens with zero attached hydrogens (tertiary/aromatic N) is 4. The standard InChI is InChI=1S/C19H18N4O4S/c1-25-15-6-4-5-12(18(15)26-2)10-22-11-17(20-21-22)23-13-7-8-28-16(13)9-14(23)19(24)27-3/h4-9,11H,10H2,1-3H3. The number of fused-ring (bicyclic) bond motifs is 1. The number of methoxy groups -OCH3 is 3. The second kappa shape index (κ2) is 7.35. The van der Waals surface area contributed by atoms with Crippen LogP contribution in [0.3, 0.4) is 0 Å². The maximum atomic E-state index is 12.2. The molecule has 0 saturated carbocycles. The zero-order valence-electron chi connectivity index (χ0n) is 15.6. The van der Waals surface area contributed by atoms with Crippen LogP contribution in [0.4, 0.5) is 0 Å². The Labute approximate surface area is 164 Å². The van der Waals surface area contributed by atoms with Crippen LogP contribution in [-0.2, 0) is 11.3 Å². The lowest BCUT2D eigenvalue weighted by Crippen LogP contribution is -2.09. The summed E-state index contributed by atoms with van der Waals surface area (Å²) in [6.07, 6.45) is 1.78. The van der Waals surface area contributed by atoms with Gasteiger partial charge in [-0.25, -0.2) is 9.48 Å². The third kappa shape index (κ3) is 2.99. The molecule has 0 aliphatic carbocycles. The van der Waals surface area contributed by atoms with Crippen molar-refractivity contribution >= 4 is 27.5 Å². The van der Waals surface area contributed by atoms with E-state index in [1.54, 1.807) is 47.1 Å². The molecule has 8 nitrogen and oxygen atoms in total. The van der Waals surface area contributed by atoms with Crippen molar-refractivity contribution in [3.63, 3.8) is 0 Å². The molecule has 0 spiro atoms. The molecule has 3 aromatic heterocycles. The van der Waals surface area contributed by atoms with Crippen LogP contribution >= 0.6 is 11.3 Å². The van der Waals surface area contributed by atoms with Crippen molar-refractivity contribution in [3.05, 3.63) is 53.2 Å². The van der Waals surface area contributed by atoms with Gasteiger partial charge in [0.25, 0.3) is 0 Å².